The average molecular weight is 263 g/mol. The summed E-state index contributed by atoms with van der Waals surface area (Å²) in [4.78, 5) is 7.28. The number of hydrogen-bond donors (Lipinski definition) is 2. The van der Waals surface area contributed by atoms with Gasteiger partial charge in [-0.1, -0.05) is 17.8 Å². The highest BCUT2D eigenvalue weighted by molar-refractivity contribution is 7.98. The van der Waals surface area contributed by atoms with Gasteiger partial charge in [0.15, 0.2) is 5.16 Å². The molecule has 1 aromatic carbocycles. The van der Waals surface area contributed by atoms with Crippen LogP contribution in [0, 0.1) is 0 Å². The lowest BCUT2D eigenvalue weighted by Crippen LogP contribution is -2.05. The fourth-order valence-corrected chi connectivity index (χ4v) is 2.54. The molecule has 0 atom stereocenters. The van der Waals surface area contributed by atoms with Crippen LogP contribution in [0.3, 0.4) is 0 Å². The zero-order valence-corrected chi connectivity index (χ0v) is 11.4. The Hall–Kier alpha value is -1.46. The molecule has 0 bridgehead atoms. The predicted molar refractivity (Wildman–Crippen MR) is 73.9 cm³/mol. The number of thioether (sulfide) groups is 1. The molecule has 0 saturated heterocycles. The predicted octanol–water partition coefficient (Wildman–Crippen LogP) is 2.43. The van der Waals surface area contributed by atoms with Crippen molar-refractivity contribution >= 4 is 11.8 Å². The van der Waals surface area contributed by atoms with Crippen LogP contribution in [0.5, 0.6) is 5.75 Å². The van der Waals surface area contributed by atoms with Crippen molar-refractivity contribution in [3.05, 3.63) is 41.7 Å². The summed E-state index contributed by atoms with van der Waals surface area (Å²) in [6, 6.07) is 6.27. The summed E-state index contributed by atoms with van der Waals surface area (Å²) in [7, 11) is 3.65. The maximum atomic E-state index is 5.38. The first kappa shape index (κ1) is 13.0. The van der Waals surface area contributed by atoms with E-state index >= 15 is 0 Å². The number of ether oxygens (including phenoxy) is 1. The Morgan fingerprint density at radius 1 is 1.44 bits per heavy atom. The number of hydrogen-bond acceptors (Lipinski definition) is 4. The lowest BCUT2D eigenvalue weighted by Gasteiger charge is -2.10. The quantitative estimate of drug-likeness (QED) is 0.786. The van der Waals surface area contributed by atoms with Gasteiger partial charge in [0.2, 0.25) is 0 Å². The summed E-state index contributed by atoms with van der Waals surface area (Å²) in [6.07, 6.45) is 3.59. The summed E-state index contributed by atoms with van der Waals surface area (Å²) in [6.45, 7) is 0.864. The van der Waals surface area contributed by atoms with Gasteiger partial charge in [0, 0.05) is 30.3 Å². The second-order valence-electron chi connectivity index (χ2n) is 3.86. The van der Waals surface area contributed by atoms with Crippen molar-refractivity contribution < 1.29 is 4.74 Å². The number of nitrogens with one attached hydrogen (secondary N) is 2. The van der Waals surface area contributed by atoms with Gasteiger partial charge in [0.25, 0.3) is 0 Å². The molecule has 0 saturated carbocycles. The highest BCUT2D eigenvalue weighted by Crippen LogP contribution is 2.27. The normalized spacial score (nSPS) is 10.6. The minimum atomic E-state index is 0.842. The molecule has 2 N–H and O–H groups in total. The van der Waals surface area contributed by atoms with Crippen LogP contribution in [0.15, 0.2) is 35.7 Å². The van der Waals surface area contributed by atoms with E-state index in [9.17, 15) is 0 Å². The third kappa shape index (κ3) is 3.27. The van der Waals surface area contributed by atoms with Gasteiger partial charge in [0.1, 0.15) is 5.75 Å². The lowest BCUT2D eigenvalue weighted by molar-refractivity contribution is 0.411. The molecule has 0 fully saturated rings. The molecular weight excluding hydrogens is 246 g/mol. The first-order valence-electron chi connectivity index (χ1n) is 5.76. The van der Waals surface area contributed by atoms with Gasteiger partial charge in [-0.05, 0) is 24.7 Å². The summed E-state index contributed by atoms with van der Waals surface area (Å²) < 4.78 is 5.38. The number of nitrogens with zero attached hydrogens (tertiary/aromatic N) is 1. The molecule has 1 aromatic heterocycles. The van der Waals surface area contributed by atoms with Crippen molar-refractivity contribution in [2.24, 2.45) is 0 Å². The number of imidazole rings is 1. The molecule has 2 rings (SSSR count). The molecular formula is C13H17N3OS. The van der Waals surface area contributed by atoms with E-state index in [0.29, 0.717) is 0 Å². The van der Waals surface area contributed by atoms with Crippen molar-refractivity contribution in [3.8, 4) is 5.75 Å². The average Bonchev–Trinajstić information content (AvgIpc) is 2.90. The highest BCUT2D eigenvalue weighted by Gasteiger charge is 2.06. The van der Waals surface area contributed by atoms with Crippen LogP contribution in [0.1, 0.15) is 11.1 Å². The van der Waals surface area contributed by atoms with E-state index in [1.807, 2.05) is 19.3 Å². The smallest absolute Gasteiger partial charge is 0.165 e. The molecule has 0 amide bonds. The van der Waals surface area contributed by atoms with Crippen molar-refractivity contribution in [1.29, 1.82) is 0 Å². The van der Waals surface area contributed by atoms with E-state index in [1.54, 1.807) is 25.1 Å². The molecule has 0 unspecified atom stereocenters. The minimum absolute atomic E-state index is 0.842. The zero-order valence-electron chi connectivity index (χ0n) is 10.6. The van der Waals surface area contributed by atoms with E-state index in [1.165, 1.54) is 11.1 Å². The van der Waals surface area contributed by atoms with E-state index in [0.717, 1.165) is 23.2 Å². The minimum Gasteiger partial charge on any atom is -0.496 e. The van der Waals surface area contributed by atoms with Crippen molar-refractivity contribution in [2.45, 2.75) is 17.5 Å². The standard InChI is InChI=1S/C13H17N3OS/c1-14-8-10-3-4-12(17-2)11(7-10)9-18-13-15-5-6-16-13/h3-7,14H,8-9H2,1-2H3,(H,15,16). The first-order valence-corrected chi connectivity index (χ1v) is 6.74. The van der Waals surface area contributed by atoms with E-state index in [4.69, 9.17) is 4.74 Å². The Bertz CT molecular complexity index is 485. The van der Waals surface area contributed by atoms with Gasteiger partial charge in [0.05, 0.1) is 7.11 Å². The Morgan fingerprint density at radius 2 is 2.33 bits per heavy atom. The van der Waals surface area contributed by atoms with Gasteiger partial charge in [-0.25, -0.2) is 4.98 Å². The number of benzene rings is 1. The molecule has 5 heteroatoms. The maximum absolute atomic E-state index is 5.38. The van der Waals surface area contributed by atoms with Crippen molar-refractivity contribution in [3.63, 3.8) is 0 Å². The molecule has 96 valence electrons. The molecule has 0 aliphatic carbocycles. The molecule has 0 aliphatic heterocycles. The largest absolute Gasteiger partial charge is 0.496 e. The summed E-state index contributed by atoms with van der Waals surface area (Å²) in [5.41, 5.74) is 2.44. The Balaban J connectivity index is 2.10. The maximum Gasteiger partial charge on any atom is 0.165 e. The third-order valence-electron chi connectivity index (χ3n) is 2.56. The first-order chi connectivity index (χ1) is 8.83. The van der Waals surface area contributed by atoms with Gasteiger partial charge >= 0.3 is 0 Å². The zero-order chi connectivity index (χ0) is 12.8. The van der Waals surface area contributed by atoms with Gasteiger partial charge in [-0.2, -0.15) is 0 Å². The Morgan fingerprint density at radius 3 is 3.00 bits per heavy atom. The van der Waals surface area contributed by atoms with Gasteiger partial charge in [-0.3, -0.25) is 0 Å². The topological polar surface area (TPSA) is 49.9 Å². The van der Waals surface area contributed by atoms with Gasteiger partial charge < -0.3 is 15.0 Å². The SMILES string of the molecule is CNCc1ccc(OC)c(CSc2ncc[nH]2)c1. The number of rotatable bonds is 6. The monoisotopic (exact) mass is 263 g/mol. The summed E-state index contributed by atoms with van der Waals surface area (Å²) in [5, 5.41) is 4.08. The molecule has 18 heavy (non-hydrogen) atoms. The van der Waals surface area contributed by atoms with Crippen LogP contribution in [-0.2, 0) is 12.3 Å². The molecule has 0 radical (unpaired) electrons. The summed E-state index contributed by atoms with van der Waals surface area (Å²) in [5.74, 6) is 1.77. The number of methoxy groups -OCH3 is 1. The van der Waals surface area contributed by atoms with E-state index in [2.05, 4.69) is 27.4 Å². The Labute approximate surface area is 111 Å². The number of aromatic amines is 1. The summed E-state index contributed by atoms with van der Waals surface area (Å²) >= 11 is 1.67. The Kier molecular flexibility index (Phi) is 4.66. The number of aromatic nitrogens is 2. The number of H-pyrrole nitrogens is 1. The molecule has 1 heterocycles. The van der Waals surface area contributed by atoms with Crippen LogP contribution in [0.25, 0.3) is 0 Å². The van der Waals surface area contributed by atoms with Crippen LogP contribution in [0.2, 0.25) is 0 Å². The van der Waals surface area contributed by atoms with E-state index in [-0.39, 0.29) is 0 Å². The molecule has 2 aromatic rings. The fraction of sp³-hybridized carbons (Fsp3) is 0.308. The second-order valence-corrected chi connectivity index (χ2v) is 4.82. The third-order valence-corrected chi connectivity index (χ3v) is 3.52. The lowest BCUT2D eigenvalue weighted by atomic mass is 10.1. The highest BCUT2D eigenvalue weighted by atomic mass is 32.2. The molecule has 4 nitrogen and oxygen atoms in total. The van der Waals surface area contributed by atoms with Crippen LogP contribution >= 0.6 is 11.8 Å². The van der Waals surface area contributed by atoms with Crippen LogP contribution < -0.4 is 10.1 Å². The second kappa shape index (κ2) is 6.47. The van der Waals surface area contributed by atoms with Crippen molar-refractivity contribution in [2.75, 3.05) is 14.2 Å². The van der Waals surface area contributed by atoms with Gasteiger partial charge in [-0.15, -0.1) is 0 Å². The van der Waals surface area contributed by atoms with Crippen LogP contribution in [-0.4, -0.2) is 24.1 Å². The fourth-order valence-electron chi connectivity index (χ4n) is 1.73. The van der Waals surface area contributed by atoms with Crippen LogP contribution in [0.4, 0.5) is 0 Å². The molecule has 0 aliphatic rings. The van der Waals surface area contributed by atoms with Crippen molar-refractivity contribution in [1.82, 2.24) is 15.3 Å². The molecule has 0 spiro atoms. The van der Waals surface area contributed by atoms with E-state index < -0.39 is 0 Å².